The van der Waals surface area contributed by atoms with Crippen molar-refractivity contribution >= 4 is 12.2 Å². The van der Waals surface area contributed by atoms with Crippen LogP contribution in [0.15, 0.2) is 16.1 Å². The number of carbonyl (C=O) groups excluding carboxylic acids is 2. The second-order valence-electron chi connectivity index (χ2n) is 3.97. The molecule has 1 rings (SSSR count). The number of rotatable bonds is 3. The highest BCUT2D eigenvalue weighted by Crippen LogP contribution is 2.28. The summed E-state index contributed by atoms with van der Waals surface area (Å²) in [5.74, 6) is 0. The normalized spacial score (nSPS) is 11.3. The maximum Gasteiger partial charge on any atom is 0.237 e. The number of isocyanates is 2. The summed E-state index contributed by atoms with van der Waals surface area (Å²) in [5, 5.41) is 0. The molecule has 0 amide bonds. The summed E-state index contributed by atoms with van der Waals surface area (Å²) in [7, 11) is 0. The molecule has 1 aromatic rings. The van der Waals surface area contributed by atoms with Crippen LogP contribution in [0.25, 0.3) is 0 Å². The first-order chi connectivity index (χ1) is 8.02. The van der Waals surface area contributed by atoms with Crippen molar-refractivity contribution in [3.8, 4) is 0 Å². The third-order valence-corrected chi connectivity index (χ3v) is 3.15. The minimum absolute atomic E-state index is 0.748. The Hall–Kier alpha value is -2.02. The van der Waals surface area contributed by atoms with Crippen LogP contribution in [0.4, 0.5) is 0 Å². The molecule has 0 fully saturated rings. The van der Waals surface area contributed by atoms with Crippen molar-refractivity contribution in [2.75, 3.05) is 0 Å². The highest BCUT2D eigenvalue weighted by atomic mass is 16.1. The topological polar surface area (TPSA) is 58.9 Å². The van der Waals surface area contributed by atoms with Crippen LogP contribution in [-0.2, 0) is 9.59 Å². The van der Waals surface area contributed by atoms with Crippen LogP contribution in [0.2, 0.25) is 0 Å². The summed E-state index contributed by atoms with van der Waals surface area (Å²) < 4.78 is 0. The van der Waals surface area contributed by atoms with Gasteiger partial charge < -0.3 is 0 Å². The number of hydrogen-bond donors (Lipinski definition) is 0. The van der Waals surface area contributed by atoms with Gasteiger partial charge in [0.05, 0.1) is 0 Å². The van der Waals surface area contributed by atoms with Crippen molar-refractivity contribution in [3.63, 3.8) is 0 Å². The number of aliphatic imine (C=N–C) groups is 2. The van der Waals surface area contributed by atoms with Gasteiger partial charge >= 0.3 is 0 Å². The fraction of sp³-hybridized carbons (Fsp3) is 0.385. The Labute approximate surface area is 100 Å². The zero-order valence-electron chi connectivity index (χ0n) is 10.4. The molecular formula is C13H14N2O2. The smallest absolute Gasteiger partial charge is 0.211 e. The molecule has 1 aromatic carbocycles. The summed E-state index contributed by atoms with van der Waals surface area (Å²) in [4.78, 5) is 27.7. The largest absolute Gasteiger partial charge is 0.237 e. The molecule has 0 aliphatic heterocycles. The second-order valence-corrected chi connectivity index (χ2v) is 3.97. The van der Waals surface area contributed by atoms with E-state index in [0.717, 1.165) is 22.3 Å². The molecule has 0 unspecified atom stereocenters. The quantitative estimate of drug-likeness (QED) is 0.592. The van der Waals surface area contributed by atoms with E-state index in [2.05, 4.69) is 9.98 Å². The summed E-state index contributed by atoms with van der Waals surface area (Å²) >= 11 is 0. The van der Waals surface area contributed by atoms with Gasteiger partial charge in [-0.3, -0.25) is 0 Å². The van der Waals surface area contributed by atoms with Crippen LogP contribution in [-0.4, -0.2) is 12.2 Å². The first-order valence-electron chi connectivity index (χ1n) is 5.24. The highest BCUT2D eigenvalue weighted by molar-refractivity contribution is 5.47. The summed E-state index contributed by atoms with van der Waals surface area (Å²) in [6.07, 6.45) is 2.04. The molecule has 0 N–H and O–H groups in total. The number of benzene rings is 1. The maximum absolute atomic E-state index is 10.3. The molecule has 0 saturated carbocycles. The molecule has 0 bridgehead atoms. The lowest BCUT2D eigenvalue weighted by atomic mass is 9.93. The summed E-state index contributed by atoms with van der Waals surface area (Å²) in [6, 6.07) is 1.89. The number of hydrogen-bond acceptors (Lipinski definition) is 4. The van der Waals surface area contributed by atoms with Gasteiger partial charge in [0, 0.05) is 5.56 Å². The molecule has 0 aromatic heterocycles. The van der Waals surface area contributed by atoms with Crippen molar-refractivity contribution in [1.29, 1.82) is 0 Å². The SMILES string of the molecule is Cc1cc(C(N=C=O)N=C=O)c(C)c(C)c1C. The first kappa shape index (κ1) is 13.0. The molecule has 0 aliphatic carbocycles. The average Bonchev–Trinajstić information content (AvgIpc) is 2.31. The molecule has 0 saturated heterocycles. The molecule has 0 spiro atoms. The van der Waals surface area contributed by atoms with Gasteiger partial charge in [-0.15, -0.1) is 0 Å². The zero-order valence-corrected chi connectivity index (χ0v) is 10.4. The number of aryl methyl sites for hydroxylation is 1. The van der Waals surface area contributed by atoms with Crippen molar-refractivity contribution in [2.45, 2.75) is 33.9 Å². The standard InChI is InChI=1S/C13H14N2O2/c1-8-5-12(11(4)10(3)9(8)2)13(14-6-16)15-7-17/h5,13H,1-4H3. The van der Waals surface area contributed by atoms with E-state index in [9.17, 15) is 9.59 Å². The second kappa shape index (κ2) is 5.35. The van der Waals surface area contributed by atoms with Crippen molar-refractivity contribution in [1.82, 2.24) is 0 Å². The van der Waals surface area contributed by atoms with Crippen molar-refractivity contribution in [3.05, 3.63) is 33.9 Å². The molecule has 0 heterocycles. The monoisotopic (exact) mass is 230 g/mol. The maximum atomic E-state index is 10.3. The average molecular weight is 230 g/mol. The third-order valence-electron chi connectivity index (χ3n) is 3.15. The molecule has 17 heavy (non-hydrogen) atoms. The first-order valence-corrected chi connectivity index (χ1v) is 5.24. The third kappa shape index (κ3) is 2.56. The Morgan fingerprint density at radius 3 is 1.94 bits per heavy atom. The van der Waals surface area contributed by atoms with Gasteiger partial charge in [-0.2, -0.15) is 9.98 Å². The lowest BCUT2D eigenvalue weighted by Gasteiger charge is -2.15. The van der Waals surface area contributed by atoms with E-state index in [4.69, 9.17) is 0 Å². The fourth-order valence-corrected chi connectivity index (χ4v) is 1.78. The van der Waals surface area contributed by atoms with E-state index in [1.165, 1.54) is 17.7 Å². The molecule has 0 atom stereocenters. The minimum atomic E-state index is -0.831. The minimum Gasteiger partial charge on any atom is -0.211 e. The van der Waals surface area contributed by atoms with E-state index in [0.29, 0.717) is 0 Å². The molecule has 0 radical (unpaired) electrons. The van der Waals surface area contributed by atoms with Crippen LogP contribution >= 0.6 is 0 Å². The predicted octanol–water partition coefficient (Wildman–Crippen LogP) is 2.59. The summed E-state index contributed by atoms with van der Waals surface area (Å²) in [6.45, 7) is 7.91. The lowest BCUT2D eigenvalue weighted by molar-refractivity contribution is 0.551. The van der Waals surface area contributed by atoms with Crippen molar-refractivity contribution < 1.29 is 9.59 Å². The van der Waals surface area contributed by atoms with Gasteiger partial charge in [0.25, 0.3) is 0 Å². The van der Waals surface area contributed by atoms with Gasteiger partial charge in [0.2, 0.25) is 12.2 Å². The Bertz CT molecular complexity index is 519. The van der Waals surface area contributed by atoms with Gasteiger partial charge in [-0.25, -0.2) is 9.59 Å². The fourth-order valence-electron chi connectivity index (χ4n) is 1.78. The van der Waals surface area contributed by atoms with Crippen molar-refractivity contribution in [2.24, 2.45) is 9.98 Å². The van der Waals surface area contributed by atoms with Gasteiger partial charge in [0.15, 0.2) is 6.17 Å². The summed E-state index contributed by atoms with van der Waals surface area (Å²) in [5.41, 5.74) is 5.12. The Morgan fingerprint density at radius 1 is 0.941 bits per heavy atom. The molecule has 4 nitrogen and oxygen atoms in total. The van der Waals surface area contributed by atoms with E-state index in [1.54, 1.807) is 0 Å². The van der Waals surface area contributed by atoms with E-state index in [1.807, 2.05) is 33.8 Å². The van der Waals surface area contributed by atoms with E-state index >= 15 is 0 Å². The molecular weight excluding hydrogens is 216 g/mol. The van der Waals surface area contributed by atoms with Gasteiger partial charge in [-0.05, 0) is 49.9 Å². The van der Waals surface area contributed by atoms with Crippen LogP contribution in [0.5, 0.6) is 0 Å². The van der Waals surface area contributed by atoms with Gasteiger partial charge in [-0.1, -0.05) is 6.07 Å². The van der Waals surface area contributed by atoms with Crippen LogP contribution in [0.3, 0.4) is 0 Å². The van der Waals surface area contributed by atoms with Crippen LogP contribution < -0.4 is 0 Å². The Kier molecular flexibility index (Phi) is 4.11. The van der Waals surface area contributed by atoms with Crippen LogP contribution in [0, 0.1) is 27.7 Å². The van der Waals surface area contributed by atoms with E-state index in [-0.39, 0.29) is 0 Å². The Balaban J connectivity index is 3.49. The molecule has 0 aliphatic rings. The van der Waals surface area contributed by atoms with Crippen LogP contribution in [0.1, 0.15) is 34.0 Å². The predicted molar refractivity (Wildman–Crippen MR) is 64.4 cm³/mol. The molecule has 4 heteroatoms. The van der Waals surface area contributed by atoms with Gasteiger partial charge in [0.1, 0.15) is 0 Å². The zero-order chi connectivity index (χ0) is 13.0. The lowest BCUT2D eigenvalue weighted by Crippen LogP contribution is -2.01. The van der Waals surface area contributed by atoms with E-state index < -0.39 is 6.17 Å². The Morgan fingerprint density at radius 2 is 1.47 bits per heavy atom. The number of nitrogens with zero attached hydrogens (tertiary/aromatic N) is 2. The highest BCUT2D eigenvalue weighted by Gasteiger charge is 2.15. The molecule has 88 valence electrons.